The molecule has 0 radical (unpaired) electrons. The van der Waals surface area contributed by atoms with Crippen molar-refractivity contribution in [3.05, 3.63) is 125 Å². The summed E-state index contributed by atoms with van der Waals surface area (Å²) < 4.78 is 10.3. The molecular weight excluding hydrogens is 605 g/mol. The summed E-state index contributed by atoms with van der Waals surface area (Å²) in [6.07, 6.45) is 3.02. The summed E-state index contributed by atoms with van der Waals surface area (Å²) in [5.41, 5.74) is 3.13. The maximum absolute atomic E-state index is 13.6. The van der Waals surface area contributed by atoms with Crippen LogP contribution in [0.1, 0.15) is 16.7 Å². The molecule has 1 unspecified atom stereocenters. The number of halogens is 2. The fourth-order valence-electron chi connectivity index (χ4n) is 4.55. The first-order valence-corrected chi connectivity index (χ1v) is 15.0. The molecule has 7 nitrogen and oxygen atoms in total. The molecule has 0 aromatic heterocycles. The number of fused-ring (bicyclic) bond motifs is 1. The van der Waals surface area contributed by atoms with E-state index in [1.165, 1.54) is 22.8 Å². The summed E-state index contributed by atoms with van der Waals surface area (Å²) in [7, 11) is 3.20. The Bertz CT molecular complexity index is 1640. The number of carbonyl (C=O) groups is 2. The van der Waals surface area contributed by atoms with Gasteiger partial charge in [0.2, 0.25) is 10.2 Å². The standard InChI is InChI=1S/C33H29Cl2N3O4S/c1-37(31(40)21-36-30(39)17-16-23-12-9-15-27(18-23)41-2)38-32-28(42-22-24-10-5-3-6-11-24)19-26(34)20-29(32)43-33(38,35)25-13-7-4-8-14-25/h3-20H,21-22H2,1-2H3,(H,36,39). The number of methoxy groups -OCH3 is 1. The monoisotopic (exact) mass is 633 g/mol. The van der Waals surface area contributed by atoms with Crippen LogP contribution in [0.15, 0.2) is 108 Å². The van der Waals surface area contributed by atoms with Gasteiger partial charge in [0.15, 0.2) is 0 Å². The normalized spacial score (nSPS) is 15.7. The van der Waals surface area contributed by atoms with Crippen molar-refractivity contribution < 1.29 is 19.1 Å². The third-order valence-corrected chi connectivity index (χ3v) is 8.74. The second-order valence-corrected chi connectivity index (χ2v) is 12.1. The Hall–Kier alpha value is -4.11. The summed E-state index contributed by atoms with van der Waals surface area (Å²) >= 11 is 15.3. The summed E-state index contributed by atoms with van der Waals surface area (Å²) in [6, 6.07) is 30.0. The predicted molar refractivity (Wildman–Crippen MR) is 172 cm³/mol. The number of hydrogen-bond donors (Lipinski definition) is 1. The number of likely N-dealkylation sites (N-methyl/N-ethyl adjacent to an activating group) is 1. The molecule has 5 rings (SSSR count). The number of benzene rings is 4. The molecule has 0 spiro atoms. The summed E-state index contributed by atoms with van der Waals surface area (Å²) in [4.78, 5) is 26.9. The average molecular weight is 635 g/mol. The topological polar surface area (TPSA) is 71.1 Å². The lowest BCUT2D eigenvalue weighted by Crippen LogP contribution is -2.53. The molecule has 0 saturated heterocycles. The average Bonchev–Trinajstić information content (AvgIpc) is 3.34. The molecule has 43 heavy (non-hydrogen) atoms. The van der Waals surface area contributed by atoms with Crippen molar-refractivity contribution in [2.24, 2.45) is 0 Å². The Morgan fingerprint density at radius 2 is 1.72 bits per heavy atom. The van der Waals surface area contributed by atoms with E-state index >= 15 is 0 Å². The molecule has 4 aromatic carbocycles. The van der Waals surface area contributed by atoms with Gasteiger partial charge in [-0.2, -0.15) is 0 Å². The number of thioether (sulfide) groups is 1. The van der Waals surface area contributed by atoms with Crippen molar-refractivity contribution in [3.63, 3.8) is 0 Å². The van der Waals surface area contributed by atoms with E-state index in [0.717, 1.165) is 21.6 Å². The smallest absolute Gasteiger partial charge is 0.260 e. The van der Waals surface area contributed by atoms with E-state index in [9.17, 15) is 9.59 Å². The number of rotatable bonds is 10. The van der Waals surface area contributed by atoms with Gasteiger partial charge in [0, 0.05) is 34.7 Å². The first-order valence-electron chi connectivity index (χ1n) is 13.4. The SMILES string of the molecule is COc1cccc(C=CC(=O)NCC(=O)N(C)N2c3c(OCc4ccccc4)cc(Cl)cc3SC2(Cl)c2ccccc2)c1. The fraction of sp³-hybridized carbons (Fsp3) is 0.152. The molecule has 1 N–H and O–H groups in total. The fourth-order valence-corrected chi connectivity index (χ4v) is 6.71. The number of nitrogens with one attached hydrogen (secondary N) is 1. The van der Waals surface area contributed by atoms with Gasteiger partial charge in [-0.1, -0.05) is 108 Å². The highest BCUT2D eigenvalue weighted by Gasteiger charge is 2.50. The molecule has 0 saturated carbocycles. The van der Waals surface area contributed by atoms with Gasteiger partial charge in [-0.15, -0.1) is 0 Å². The van der Waals surface area contributed by atoms with Crippen LogP contribution in [0.2, 0.25) is 5.02 Å². The Labute approximate surface area is 265 Å². The summed E-state index contributed by atoms with van der Waals surface area (Å²) in [6.45, 7) is 0.0317. The van der Waals surface area contributed by atoms with Crippen LogP contribution < -0.4 is 19.8 Å². The Morgan fingerprint density at radius 1 is 1.00 bits per heavy atom. The van der Waals surface area contributed by atoms with Crippen molar-refractivity contribution >= 4 is 58.5 Å². The van der Waals surface area contributed by atoms with E-state index in [1.54, 1.807) is 43.4 Å². The highest BCUT2D eigenvalue weighted by molar-refractivity contribution is 8.02. The Balaban J connectivity index is 1.40. The quantitative estimate of drug-likeness (QED) is 0.114. The van der Waals surface area contributed by atoms with E-state index in [4.69, 9.17) is 32.7 Å². The van der Waals surface area contributed by atoms with Crippen molar-refractivity contribution in [1.82, 2.24) is 10.3 Å². The maximum atomic E-state index is 13.6. The minimum Gasteiger partial charge on any atom is -0.497 e. The lowest BCUT2D eigenvalue weighted by atomic mass is 10.2. The third kappa shape index (κ3) is 6.94. The van der Waals surface area contributed by atoms with E-state index < -0.39 is 10.2 Å². The van der Waals surface area contributed by atoms with Crippen LogP contribution in [0.4, 0.5) is 5.69 Å². The molecule has 1 atom stereocenters. The van der Waals surface area contributed by atoms with E-state index in [0.29, 0.717) is 28.8 Å². The van der Waals surface area contributed by atoms with Gasteiger partial charge in [-0.3, -0.25) is 14.6 Å². The maximum Gasteiger partial charge on any atom is 0.260 e. The number of amides is 2. The zero-order valence-corrected chi connectivity index (χ0v) is 25.8. The highest BCUT2D eigenvalue weighted by atomic mass is 35.5. The van der Waals surface area contributed by atoms with Gasteiger partial charge in [-0.05, 0) is 35.4 Å². The van der Waals surface area contributed by atoms with Crippen LogP contribution in [0.25, 0.3) is 6.08 Å². The molecule has 10 heteroatoms. The molecule has 0 fully saturated rings. The van der Waals surface area contributed by atoms with E-state index in [2.05, 4.69) is 5.32 Å². The van der Waals surface area contributed by atoms with Gasteiger partial charge in [-0.25, -0.2) is 5.01 Å². The zero-order valence-electron chi connectivity index (χ0n) is 23.5. The van der Waals surface area contributed by atoms with Gasteiger partial charge < -0.3 is 14.8 Å². The minimum absolute atomic E-state index is 0.260. The summed E-state index contributed by atoms with van der Waals surface area (Å²) in [5, 5.41) is 6.26. The minimum atomic E-state index is -1.24. The van der Waals surface area contributed by atoms with Crippen LogP contribution in [0.5, 0.6) is 11.5 Å². The molecule has 0 bridgehead atoms. The first-order chi connectivity index (χ1) is 20.8. The second-order valence-electron chi connectivity index (χ2n) is 9.61. The number of carbonyl (C=O) groups excluding carboxylic acids is 2. The lowest BCUT2D eigenvalue weighted by molar-refractivity contribution is -0.131. The molecule has 1 aliphatic rings. The zero-order chi connectivity index (χ0) is 30.4. The highest BCUT2D eigenvalue weighted by Crippen LogP contribution is 2.61. The van der Waals surface area contributed by atoms with Crippen molar-refractivity contribution in [2.45, 2.75) is 15.8 Å². The molecule has 220 valence electrons. The number of nitrogens with zero attached hydrogens (tertiary/aromatic N) is 2. The molecule has 1 heterocycles. The van der Waals surface area contributed by atoms with Gasteiger partial charge in [0.1, 0.15) is 23.8 Å². The van der Waals surface area contributed by atoms with Crippen LogP contribution in [-0.2, 0) is 20.5 Å². The van der Waals surface area contributed by atoms with Gasteiger partial charge in [0.05, 0.1) is 13.7 Å². The van der Waals surface area contributed by atoms with Crippen LogP contribution in [0, 0.1) is 0 Å². The van der Waals surface area contributed by atoms with Crippen LogP contribution >= 0.6 is 35.0 Å². The second kappa shape index (κ2) is 13.5. The van der Waals surface area contributed by atoms with Crippen LogP contribution in [0.3, 0.4) is 0 Å². The molecule has 4 aromatic rings. The Kier molecular flexibility index (Phi) is 9.50. The van der Waals surface area contributed by atoms with Crippen LogP contribution in [-0.4, -0.2) is 37.5 Å². The third-order valence-electron chi connectivity index (χ3n) is 6.70. The van der Waals surface area contributed by atoms with Crippen molar-refractivity contribution in [2.75, 3.05) is 25.7 Å². The van der Waals surface area contributed by atoms with Gasteiger partial charge >= 0.3 is 0 Å². The van der Waals surface area contributed by atoms with E-state index in [1.807, 2.05) is 78.9 Å². The predicted octanol–water partition coefficient (Wildman–Crippen LogP) is 7.09. The number of alkyl halides is 1. The molecule has 1 aliphatic heterocycles. The number of hydrogen-bond acceptors (Lipinski definition) is 6. The lowest BCUT2D eigenvalue weighted by Gasteiger charge is -2.40. The summed E-state index contributed by atoms with van der Waals surface area (Å²) in [5.74, 6) is 0.350. The molecular formula is C33H29Cl2N3O4S. The van der Waals surface area contributed by atoms with Crippen molar-refractivity contribution in [1.29, 1.82) is 0 Å². The molecule has 2 amide bonds. The number of hydrazine groups is 1. The van der Waals surface area contributed by atoms with E-state index in [-0.39, 0.29) is 12.5 Å². The number of ether oxygens (including phenoxy) is 2. The molecule has 0 aliphatic carbocycles. The largest absolute Gasteiger partial charge is 0.497 e. The van der Waals surface area contributed by atoms with Crippen molar-refractivity contribution in [3.8, 4) is 11.5 Å². The first kappa shape index (κ1) is 30.4. The Morgan fingerprint density at radius 3 is 2.44 bits per heavy atom. The van der Waals surface area contributed by atoms with Gasteiger partial charge in [0.25, 0.3) is 5.91 Å². The number of anilines is 1.